The number of nitrogens with zero attached hydrogens (tertiary/aromatic N) is 1. The number of nitrogens with two attached hydrogens (primary N) is 1. The maximum atomic E-state index is 11.4. The molecule has 13 heavy (non-hydrogen) atoms. The molecule has 1 unspecified atom stereocenters. The van der Waals surface area contributed by atoms with Gasteiger partial charge in [0.15, 0.2) is 0 Å². The second-order valence-electron chi connectivity index (χ2n) is 4.58. The Hall–Kier alpha value is -0.610. The Morgan fingerprint density at radius 2 is 2.31 bits per heavy atom. The van der Waals surface area contributed by atoms with Crippen LogP contribution >= 0.6 is 0 Å². The van der Waals surface area contributed by atoms with Crippen molar-refractivity contribution in [2.45, 2.75) is 33.2 Å². The highest BCUT2D eigenvalue weighted by atomic mass is 16.2. The molecule has 1 amide bonds. The smallest absolute Gasteiger partial charge is 0.238 e. The molecule has 4 heteroatoms. The van der Waals surface area contributed by atoms with E-state index in [0.717, 1.165) is 0 Å². The fourth-order valence-corrected chi connectivity index (χ4v) is 1.38. The predicted octanol–water partition coefficient (Wildman–Crippen LogP) is 0.0967. The summed E-state index contributed by atoms with van der Waals surface area (Å²) in [6.07, 6.45) is 0.598. The molecule has 0 radical (unpaired) electrons. The molecule has 1 aliphatic heterocycles. The number of hydrogen-bond acceptors (Lipinski definition) is 3. The van der Waals surface area contributed by atoms with Crippen molar-refractivity contribution in [3.05, 3.63) is 0 Å². The molecule has 0 saturated carbocycles. The molecule has 1 rings (SSSR count). The fourth-order valence-electron chi connectivity index (χ4n) is 1.38. The Morgan fingerprint density at radius 3 is 2.69 bits per heavy atom. The van der Waals surface area contributed by atoms with Gasteiger partial charge in [0.2, 0.25) is 5.91 Å². The number of carbonyl (C=O) groups is 1. The van der Waals surface area contributed by atoms with Crippen LogP contribution in [0.1, 0.15) is 27.2 Å². The molecule has 0 spiro atoms. The lowest BCUT2D eigenvalue weighted by atomic mass is 9.94. The fraction of sp³-hybridized carbons (Fsp3) is 0.889. The molecule has 0 bridgehead atoms. The van der Waals surface area contributed by atoms with Crippen molar-refractivity contribution in [3.63, 3.8) is 0 Å². The van der Waals surface area contributed by atoms with E-state index in [-0.39, 0.29) is 17.4 Å². The minimum absolute atomic E-state index is 0.00722. The number of amides is 1. The summed E-state index contributed by atoms with van der Waals surface area (Å²) in [6, 6.07) is 0.265. The van der Waals surface area contributed by atoms with Crippen LogP contribution in [0.2, 0.25) is 0 Å². The molecule has 1 heterocycles. The Labute approximate surface area is 79.4 Å². The lowest BCUT2D eigenvalue weighted by molar-refractivity contribution is -0.130. The van der Waals surface area contributed by atoms with Gasteiger partial charge in [-0.3, -0.25) is 9.80 Å². The maximum Gasteiger partial charge on any atom is 0.238 e. The third kappa shape index (κ3) is 2.67. The predicted molar refractivity (Wildman–Crippen MR) is 51.8 cm³/mol. The third-order valence-electron chi connectivity index (χ3n) is 2.30. The first-order valence-corrected chi connectivity index (χ1v) is 4.71. The van der Waals surface area contributed by atoms with Crippen LogP contribution in [0.5, 0.6) is 0 Å². The molecular weight excluding hydrogens is 166 g/mol. The first-order valence-electron chi connectivity index (χ1n) is 4.71. The van der Waals surface area contributed by atoms with E-state index >= 15 is 0 Å². The average Bonchev–Trinajstić information content (AvgIpc) is 2.30. The molecule has 1 saturated heterocycles. The van der Waals surface area contributed by atoms with Crippen molar-refractivity contribution in [3.8, 4) is 0 Å². The van der Waals surface area contributed by atoms with Gasteiger partial charge in [0.05, 0.1) is 0 Å². The van der Waals surface area contributed by atoms with Crippen molar-refractivity contribution in [2.24, 2.45) is 11.1 Å². The molecular formula is C9H19N3O. The summed E-state index contributed by atoms with van der Waals surface area (Å²) in [5.41, 5.74) is 8.71. The highest BCUT2D eigenvalue weighted by Gasteiger charge is 2.30. The Balaban J connectivity index is 2.50. The second kappa shape index (κ2) is 3.64. The number of hydrazine groups is 1. The SMILES string of the molecule is CC1CC(=O)N(CC(C)(C)CN)N1. The van der Waals surface area contributed by atoms with Gasteiger partial charge >= 0.3 is 0 Å². The van der Waals surface area contributed by atoms with Crippen LogP contribution in [0.15, 0.2) is 0 Å². The van der Waals surface area contributed by atoms with Crippen LogP contribution in [-0.4, -0.2) is 30.0 Å². The number of rotatable bonds is 3. The van der Waals surface area contributed by atoms with Crippen molar-refractivity contribution in [1.82, 2.24) is 10.4 Å². The van der Waals surface area contributed by atoms with E-state index < -0.39 is 0 Å². The molecule has 4 nitrogen and oxygen atoms in total. The van der Waals surface area contributed by atoms with Gasteiger partial charge in [-0.25, -0.2) is 5.43 Å². The van der Waals surface area contributed by atoms with Gasteiger partial charge in [-0.05, 0) is 18.9 Å². The quantitative estimate of drug-likeness (QED) is 0.655. The average molecular weight is 185 g/mol. The molecule has 76 valence electrons. The van der Waals surface area contributed by atoms with E-state index in [1.165, 1.54) is 0 Å². The zero-order valence-corrected chi connectivity index (χ0v) is 8.63. The van der Waals surface area contributed by atoms with Crippen LogP contribution in [0.4, 0.5) is 0 Å². The monoisotopic (exact) mass is 185 g/mol. The highest BCUT2D eigenvalue weighted by Crippen LogP contribution is 2.17. The van der Waals surface area contributed by atoms with Gasteiger partial charge in [-0.15, -0.1) is 0 Å². The summed E-state index contributed by atoms with van der Waals surface area (Å²) < 4.78 is 0. The van der Waals surface area contributed by atoms with Gasteiger partial charge in [-0.2, -0.15) is 0 Å². The van der Waals surface area contributed by atoms with Gasteiger partial charge in [0.25, 0.3) is 0 Å². The molecule has 0 aliphatic carbocycles. The summed E-state index contributed by atoms with van der Waals surface area (Å²) in [7, 11) is 0. The van der Waals surface area contributed by atoms with Crippen LogP contribution in [0.25, 0.3) is 0 Å². The lowest BCUT2D eigenvalue weighted by Gasteiger charge is -2.28. The second-order valence-corrected chi connectivity index (χ2v) is 4.58. The van der Waals surface area contributed by atoms with Gasteiger partial charge in [-0.1, -0.05) is 13.8 Å². The van der Waals surface area contributed by atoms with E-state index in [0.29, 0.717) is 19.5 Å². The Morgan fingerprint density at radius 1 is 1.69 bits per heavy atom. The van der Waals surface area contributed by atoms with Crippen molar-refractivity contribution in [2.75, 3.05) is 13.1 Å². The zero-order valence-electron chi connectivity index (χ0n) is 8.63. The van der Waals surface area contributed by atoms with E-state index in [2.05, 4.69) is 19.3 Å². The molecule has 1 aliphatic rings. The van der Waals surface area contributed by atoms with Crippen molar-refractivity contribution >= 4 is 5.91 Å². The molecule has 1 atom stereocenters. The topological polar surface area (TPSA) is 58.4 Å². The summed E-state index contributed by atoms with van der Waals surface area (Å²) in [6.45, 7) is 7.41. The highest BCUT2D eigenvalue weighted by molar-refractivity contribution is 5.78. The van der Waals surface area contributed by atoms with Crippen LogP contribution < -0.4 is 11.2 Å². The summed E-state index contributed by atoms with van der Waals surface area (Å²) >= 11 is 0. The third-order valence-corrected chi connectivity index (χ3v) is 2.30. The van der Waals surface area contributed by atoms with Crippen LogP contribution in [0.3, 0.4) is 0 Å². The first kappa shape index (κ1) is 10.5. The zero-order chi connectivity index (χ0) is 10.1. The summed E-state index contributed by atoms with van der Waals surface area (Å²) in [5.74, 6) is 0.175. The van der Waals surface area contributed by atoms with Gasteiger partial charge in [0.1, 0.15) is 0 Å². The van der Waals surface area contributed by atoms with Gasteiger partial charge in [0, 0.05) is 19.0 Å². The molecule has 0 aromatic heterocycles. The molecule has 0 aromatic rings. The standard InChI is InChI=1S/C9H19N3O/c1-7-4-8(13)12(11-7)6-9(2,3)5-10/h7,11H,4-6,10H2,1-3H3. The maximum absolute atomic E-state index is 11.4. The first-order chi connectivity index (χ1) is 5.94. The molecule has 3 N–H and O–H groups in total. The lowest BCUT2D eigenvalue weighted by Crippen LogP contribution is -2.45. The number of hydrogen-bond donors (Lipinski definition) is 2. The summed E-state index contributed by atoms with van der Waals surface area (Å²) in [4.78, 5) is 11.4. The minimum atomic E-state index is -0.00722. The van der Waals surface area contributed by atoms with E-state index in [1.807, 2.05) is 6.92 Å². The summed E-state index contributed by atoms with van der Waals surface area (Å²) in [5, 5.41) is 1.69. The number of carbonyl (C=O) groups excluding carboxylic acids is 1. The van der Waals surface area contributed by atoms with E-state index in [4.69, 9.17) is 5.73 Å². The molecule has 0 aromatic carbocycles. The minimum Gasteiger partial charge on any atom is -0.330 e. The Bertz CT molecular complexity index is 203. The van der Waals surface area contributed by atoms with E-state index in [9.17, 15) is 4.79 Å². The van der Waals surface area contributed by atoms with Gasteiger partial charge < -0.3 is 5.73 Å². The number of nitrogens with one attached hydrogen (secondary N) is 1. The molecule has 1 fully saturated rings. The van der Waals surface area contributed by atoms with E-state index in [1.54, 1.807) is 5.01 Å². The van der Waals surface area contributed by atoms with Crippen molar-refractivity contribution < 1.29 is 4.79 Å². The van der Waals surface area contributed by atoms with Crippen LogP contribution in [0, 0.1) is 5.41 Å². The van der Waals surface area contributed by atoms with Crippen molar-refractivity contribution in [1.29, 1.82) is 0 Å². The Kier molecular flexibility index (Phi) is 2.93. The normalized spacial score (nSPS) is 24.2. The largest absolute Gasteiger partial charge is 0.330 e. The van der Waals surface area contributed by atoms with Crippen LogP contribution in [-0.2, 0) is 4.79 Å².